The van der Waals surface area contributed by atoms with Crippen molar-refractivity contribution >= 4 is 15.7 Å². The number of anilines is 1. The summed E-state index contributed by atoms with van der Waals surface area (Å²) in [6.45, 7) is 7.79. The molecule has 2 fully saturated rings. The van der Waals surface area contributed by atoms with E-state index in [1.807, 2.05) is 12.1 Å². The molecule has 2 N–H and O–H groups in total. The number of nitrogens with zero attached hydrogens (tertiary/aromatic N) is 2. The van der Waals surface area contributed by atoms with E-state index in [9.17, 15) is 8.42 Å². The summed E-state index contributed by atoms with van der Waals surface area (Å²) < 4.78 is 22.9. The summed E-state index contributed by atoms with van der Waals surface area (Å²) in [4.78, 5) is 5.21. The van der Waals surface area contributed by atoms with E-state index < -0.39 is 10.0 Å². The van der Waals surface area contributed by atoms with E-state index in [1.54, 1.807) is 12.1 Å². The Bertz CT molecular complexity index is 933. The first kappa shape index (κ1) is 21.3. The van der Waals surface area contributed by atoms with Gasteiger partial charge in [0.25, 0.3) is 0 Å². The molecule has 2 saturated heterocycles. The zero-order valence-electron chi connectivity index (χ0n) is 17.8. The second-order valence-electron chi connectivity index (χ2n) is 8.98. The Labute approximate surface area is 180 Å². The fraction of sp³-hybridized carbons (Fsp3) is 0.500. The van der Waals surface area contributed by atoms with Crippen molar-refractivity contribution in [2.45, 2.75) is 43.4 Å². The van der Waals surface area contributed by atoms with Gasteiger partial charge in [0.05, 0.1) is 4.90 Å². The molecule has 0 radical (unpaired) electrons. The average Bonchev–Trinajstić information content (AvgIpc) is 2.75. The van der Waals surface area contributed by atoms with Gasteiger partial charge in [-0.05, 0) is 80.8 Å². The van der Waals surface area contributed by atoms with Crippen LogP contribution in [0.2, 0.25) is 0 Å². The van der Waals surface area contributed by atoms with Crippen molar-refractivity contribution < 1.29 is 8.42 Å². The number of primary sulfonamides is 1. The van der Waals surface area contributed by atoms with Crippen LogP contribution in [-0.4, -0.2) is 46.0 Å². The smallest absolute Gasteiger partial charge is 0.238 e. The molecular formula is C24H33N3O2S. The van der Waals surface area contributed by atoms with Crippen LogP contribution in [0, 0.1) is 12.8 Å². The molecule has 0 saturated carbocycles. The molecule has 2 aromatic carbocycles. The predicted octanol–water partition coefficient (Wildman–Crippen LogP) is 3.74. The number of hydrogen-bond donors (Lipinski definition) is 1. The van der Waals surface area contributed by atoms with Crippen molar-refractivity contribution in [3.63, 3.8) is 0 Å². The number of piperidine rings is 2. The first-order valence-electron chi connectivity index (χ1n) is 11.1. The molecule has 0 amide bonds. The van der Waals surface area contributed by atoms with Crippen LogP contribution in [0.1, 0.15) is 42.7 Å². The Morgan fingerprint density at radius 3 is 2.23 bits per heavy atom. The van der Waals surface area contributed by atoms with Gasteiger partial charge < -0.3 is 9.80 Å². The SMILES string of the molecule is Cc1ccc(C2CCCN(CC3CCN(c4ccc(S(N)(=O)=O)cc4)CC3)C2)cc1. The highest BCUT2D eigenvalue weighted by Gasteiger charge is 2.26. The summed E-state index contributed by atoms with van der Waals surface area (Å²) in [7, 11) is -3.63. The number of aryl methyl sites for hydroxylation is 1. The second kappa shape index (κ2) is 9.08. The Morgan fingerprint density at radius 2 is 1.60 bits per heavy atom. The number of benzene rings is 2. The van der Waals surface area contributed by atoms with Gasteiger partial charge in [-0.25, -0.2) is 13.6 Å². The van der Waals surface area contributed by atoms with Crippen molar-refractivity contribution in [2.75, 3.05) is 37.6 Å². The molecule has 2 aromatic rings. The molecule has 0 spiro atoms. The quantitative estimate of drug-likeness (QED) is 0.789. The Kier molecular flexibility index (Phi) is 6.46. The van der Waals surface area contributed by atoms with Crippen molar-refractivity contribution in [2.24, 2.45) is 11.1 Å². The van der Waals surface area contributed by atoms with Gasteiger partial charge in [-0.15, -0.1) is 0 Å². The number of sulfonamides is 1. The molecule has 162 valence electrons. The van der Waals surface area contributed by atoms with E-state index in [1.165, 1.54) is 56.4 Å². The minimum Gasteiger partial charge on any atom is -0.372 e. The van der Waals surface area contributed by atoms with Gasteiger partial charge in [-0.3, -0.25) is 0 Å². The highest BCUT2D eigenvalue weighted by Crippen LogP contribution is 2.30. The highest BCUT2D eigenvalue weighted by atomic mass is 32.2. The van der Waals surface area contributed by atoms with E-state index in [4.69, 9.17) is 5.14 Å². The number of nitrogens with two attached hydrogens (primary N) is 1. The van der Waals surface area contributed by atoms with Crippen LogP contribution in [0.4, 0.5) is 5.69 Å². The van der Waals surface area contributed by atoms with Gasteiger partial charge in [0.1, 0.15) is 0 Å². The first-order valence-corrected chi connectivity index (χ1v) is 12.6. The molecular weight excluding hydrogens is 394 g/mol. The summed E-state index contributed by atoms with van der Waals surface area (Å²) in [5.41, 5.74) is 3.90. The first-order chi connectivity index (χ1) is 14.4. The Hall–Kier alpha value is -1.89. The Balaban J connectivity index is 1.28. The van der Waals surface area contributed by atoms with Crippen molar-refractivity contribution in [1.82, 2.24) is 4.90 Å². The molecule has 30 heavy (non-hydrogen) atoms. The van der Waals surface area contributed by atoms with Crippen LogP contribution < -0.4 is 10.0 Å². The summed E-state index contributed by atoms with van der Waals surface area (Å²) in [5, 5.41) is 5.20. The van der Waals surface area contributed by atoms with E-state index in [0.29, 0.717) is 5.92 Å². The molecule has 5 nitrogen and oxygen atoms in total. The molecule has 2 heterocycles. The van der Waals surface area contributed by atoms with Gasteiger partial charge in [0, 0.05) is 31.9 Å². The molecule has 2 aliphatic rings. The lowest BCUT2D eigenvalue weighted by Crippen LogP contribution is -2.42. The van der Waals surface area contributed by atoms with Crippen LogP contribution >= 0.6 is 0 Å². The summed E-state index contributed by atoms with van der Waals surface area (Å²) in [6, 6.07) is 16.0. The van der Waals surface area contributed by atoms with E-state index in [0.717, 1.165) is 24.7 Å². The van der Waals surface area contributed by atoms with Crippen LogP contribution in [-0.2, 0) is 10.0 Å². The Morgan fingerprint density at radius 1 is 0.933 bits per heavy atom. The third-order valence-corrected chi connectivity index (χ3v) is 7.64. The fourth-order valence-electron chi connectivity index (χ4n) is 4.92. The topological polar surface area (TPSA) is 66.6 Å². The monoisotopic (exact) mass is 427 g/mol. The standard InChI is InChI=1S/C24H33N3O2S/c1-19-4-6-21(7-5-19)22-3-2-14-26(18-22)17-20-12-15-27(16-13-20)23-8-10-24(11-9-23)30(25,28)29/h4-11,20,22H,2-3,12-18H2,1H3,(H2,25,28,29). The molecule has 0 aromatic heterocycles. The third-order valence-electron chi connectivity index (χ3n) is 6.72. The zero-order valence-corrected chi connectivity index (χ0v) is 18.7. The van der Waals surface area contributed by atoms with Gasteiger partial charge >= 0.3 is 0 Å². The molecule has 0 aliphatic carbocycles. The predicted molar refractivity (Wildman–Crippen MR) is 122 cm³/mol. The lowest BCUT2D eigenvalue weighted by molar-refractivity contribution is 0.167. The minimum absolute atomic E-state index is 0.175. The van der Waals surface area contributed by atoms with Crippen molar-refractivity contribution in [3.8, 4) is 0 Å². The maximum absolute atomic E-state index is 11.4. The highest BCUT2D eigenvalue weighted by molar-refractivity contribution is 7.89. The lowest BCUT2D eigenvalue weighted by Gasteiger charge is -2.39. The molecule has 1 unspecified atom stereocenters. The lowest BCUT2D eigenvalue weighted by atomic mass is 9.88. The van der Waals surface area contributed by atoms with Crippen LogP contribution in [0.5, 0.6) is 0 Å². The maximum Gasteiger partial charge on any atom is 0.238 e. The normalized spacial score (nSPS) is 21.7. The fourth-order valence-corrected chi connectivity index (χ4v) is 5.43. The third kappa shape index (κ3) is 5.23. The molecule has 2 aliphatic heterocycles. The molecule has 0 bridgehead atoms. The van der Waals surface area contributed by atoms with Crippen LogP contribution in [0.25, 0.3) is 0 Å². The van der Waals surface area contributed by atoms with E-state index in [2.05, 4.69) is 41.0 Å². The van der Waals surface area contributed by atoms with Gasteiger partial charge in [-0.1, -0.05) is 29.8 Å². The van der Waals surface area contributed by atoms with Crippen LogP contribution in [0.15, 0.2) is 53.4 Å². The zero-order chi connectivity index (χ0) is 21.1. The minimum atomic E-state index is -3.63. The second-order valence-corrected chi connectivity index (χ2v) is 10.5. The molecule has 4 rings (SSSR count). The van der Waals surface area contributed by atoms with E-state index >= 15 is 0 Å². The van der Waals surface area contributed by atoms with E-state index in [-0.39, 0.29) is 4.90 Å². The van der Waals surface area contributed by atoms with Gasteiger partial charge in [0.15, 0.2) is 0 Å². The number of likely N-dealkylation sites (tertiary alicyclic amines) is 1. The van der Waals surface area contributed by atoms with Crippen molar-refractivity contribution in [1.29, 1.82) is 0 Å². The maximum atomic E-state index is 11.4. The van der Waals surface area contributed by atoms with Crippen LogP contribution in [0.3, 0.4) is 0 Å². The average molecular weight is 428 g/mol. The summed E-state index contributed by atoms with van der Waals surface area (Å²) >= 11 is 0. The summed E-state index contributed by atoms with van der Waals surface area (Å²) in [6.07, 6.45) is 4.95. The van der Waals surface area contributed by atoms with Crippen molar-refractivity contribution in [3.05, 3.63) is 59.7 Å². The summed E-state index contributed by atoms with van der Waals surface area (Å²) in [5.74, 6) is 1.40. The number of hydrogen-bond acceptors (Lipinski definition) is 4. The van der Waals surface area contributed by atoms with Gasteiger partial charge in [-0.2, -0.15) is 0 Å². The molecule has 6 heteroatoms. The van der Waals surface area contributed by atoms with Gasteiger partial charge in [0.2, 0.25) is 10.0 Å². The largest absolute Gasteiger partial charge is 0.372 e. The number of rotatable bonds is 5. The molecule has 1 atom stereocenters.